The van der Waals surface area contributed by atoms with Gasteiger partial charge in [0.05, 0.1) is 11.4 Å². The summed E-state index contributed by atoms with van der Waals surface area (Å²) in [5, 5.41) is 0. The number of nitrogen functional groups attached to an aromatic ring is 1. The number of benzene rings is 1. The Kier molecular flexibility index (Phi) is 4.18. The molecule has 0 atom stereocenters. The Labute approximate surface area is 97.1 Å². The maximum atomic E-state index is 11.9. The van der Waals surface area contributed by atoms with Crippen molar-refractivity contribution >= 4 is 21.4 Å². The average Bonchev–Trinajstić information content (AvgIpc) is 2.26. The number of anilines is 2. The van der Waals surface area contributed by atoms with Gasteiger partial charge in [-0.05, 0) is 30.7 Å². The average molecular weight is 242 g/mol. The summed E-state index contributed by atoms with van der Waals surface area (Å²) in [4.78, 5) is 0. The van der Waals surface area contributed by atoms with Gasteiger partial charge in [-0.15, -0.1) is 0 Å². The monoisotopic (exact) mass is 242 g/mol. The maximum absolute atomic E-state index is 11.9. The van der Waals surface area contributed by atoms with Gasteiger partial charge in [-0.25, -0.2) is 8.42 Å². The van der Waals surface area contributed by atoms with Crippen molar-refractivity contribution < 1.29 is 8.42 Å². The van der Waals surface area contributed by atoms with Gasteiger partial charge in [0.2, 0.25) is 10.0 Å². The highest BCUT2D eigenvalue weighted by molar-refractivity contribution is 7.92. The van der Waals surface area contributed by atoms with Crippen LogP contribution in [-0.4, -0.2) is 21.2 Å². The minimum Gasteiger partial charge on any atom is -0.399 e. The van der Waals surface area contributed by atoms with Crippen molar-refractivity contribution in [1.29, 1.82) is 0 Å². The zero-order valence-electron chi connectivity index (χ0n) is 9.68. The summed E-state index contributed by atoms with van der Waals surface area (Å²) >= 11 is 0. The second-order valence-corrected chi connectivity index (χ2v) is 5.85. The van der Waals surface area contributed by atoms with E-state index >= 15 is 0 Å². The van der Waals surface area contributed by atoms with E-state index in [0.717, 1.165) is 6.42 Å². The van der Waals surface area contributed by atoms with Crippen LogP contribution in [0.3, 0.4) is 0 Å². The topological polar surface area (TPSA) is 63.4 Å². The van der Waals surface area contributed by atoms with E-state index in [1.165, 1.54) is 4.31 Å². The first kappa shape index (κ1) is 12.8. The summed E-state index contributed by atoms with van der Waals surface area (Å²) in [6.45, 7) is 1.97. The van der Waals surface area contributed by atoms with Crippen molar-refractivity contribution in [3.8, 4) is 0 Å². The van der Waals surface area contributed by atoms with Gasteiger partial charge in [0.15, 0.2) is 0 Å². The van der Waals surface area contributed by atoms with Crippen LogP contribution in [0.25, 0.3) is 0 Å². The minimum atomic E-state index is -3.20. The van der Waals surface area contributed by atoms with Crippen LogP contribution in [0.2, 0.25) is 0 Å². The van der Waals surface area contributed by atoms with Gasteiger partial charge in [0, 0.05) is 12.7 Å². The molecule has 4 nitrogen and oxygen atoms in total. The van der Waals surface area contributed by atoms with Crippen molar-refractivity contribution in [1.82, 2.24) is 0 Å². The zero-order chi connectivity index (χ0) is 12.2. The molecule has 5 heteroatoms. The van der Waals surface area contributed by atoms with Crippen LogP contribution in [0.5, 0.6) is 0 Å². The molecule has 0 radical (unpaired) electrons. The Morgan fingerprint density at radius 1 is 1.25 bits per heavy atom. The van der Waals surface area contributed by atoms with Gasteiger partial charge in [0.25, 0.3) is 0 Å². The summed E-state index contributed by atoms with van der Waals surface area (Å²) in [5.74, 6) is 0.185. The zero-order valence-corrected chi connectivity index (χ0v) is 10.5. The molecule has 0 spiro atoms. The second kappa shape index (κ2) is 5.21. The van der Waals surface area contributed by atoms with Crippen molar-refractivity contribution in [3.63, 3.8) is 0 Å². The van der Waals surface area contributed by atoms with Gasteiger partial charge in [-0.1, -0.05) is 13.3 Å². The Morgan fingerprint density at radius 2 is 1.81 bits per heavy atom. The van der Waals surface area contributed by atoms with Crippen LogP contribution in [-0.2, 0) is 10.0 Å². The van der Waals surface area contributed by atoms with Gasteiger partial charge < -0.3 is 5.73 Å². The Balaban J connectivity index is 2.84. The summed E-state index contributed by atoms with van der Waals surface area (Å²) in [5.41, 5.74) is 6.82. The summed E-state index contributed by atoms with van der Waals surface area (Å²) in [6.07, 6.45) is 1.55. The first-order valence-electron chi connectivity index (χ1n) is 5.29. The highest BCUT2D eigenvalue weighted by atomic mass is 32.2. The predicted molar refractivity (Wildman–Crippen MR) is 68.0 cm³/mol. The fourth-order valence-electron chi connectivity index (χ4n) is 1.31. The molecule has 0 fully saturated rings. The highest BCUT2D eigenvalue weighted by Crippen LogP contribution is 2.18. The number of rotatable bonds is 5. The fourth-order valence-corrected chi connectivity index (χ4v) is 2.68. The fraction of sp³-hybridized carbons (Fsp3) is 0.455. The second-order valence-electron chi connectivity index (χ2n) is 3.73. The molecule has 90 valence electrons. The smallest absolute Gasteiger partial charge is 0.234 e. The molecule has 1 aromatic rings. The standard InChI is InChI=1S/C11H18N2O2S/c1-3-4-9-16(14,15)13(2)11-7-5-10(12)6-8-11/h5-8H,3-4,9,12H2,1-2H3. The SMILES string of the molecule is CCCCS(=O)(=O)N(C)c1ccc(N)cc1. The summed E-state index contributed by atoms with van der Waals surface area (Å²) in [7, 11) is -1.63. The Bertz CT molecular complexity index is 426. The van der Waals surface area contributed by atoms with Crippen molar-refractivity contribution in [2.75, 3.05) is 22.8 Å². The summed E-state index contributed by atoms with van der Waals surface area (Å²) < 4.78 is 25.0. The number of unbranched alkanes of at least 4 members (excludes halogenated alkanes) is 1. The molecule has 0 aliphatic carbocycles. The van der Waals surface area contributed by atoms with E-state index < -0.39 is 10.0 Å². The van der Waals surface area contributed by atoms with Crippen LogP contribution in [0.15, 0.2) is 24.3 Å². The molecule has 0 heterocycles. The molecule has 1 rings (SSSR count). The molecular weight excluding hydrogens is 224 g/mol. The summed E-state index contributed by atoms with van der Waals surface area (Å²) in [6, 6.07) is 6.81. The van der Waals surface area contributed by atoms with Crippen LogP contribution < -0.4 is 10.0 Å². The number of hydrogen-bond donors (Lipinski definition) is 1. The molecule has 0 bridgehead atoms. The highest BCUT2D eigenvalue weighted by Gasteiger charge is 2.17. The molecule has 0 saturated carbocycles. The first-order valence-corrected chi connectivity index (χ1v) is 6.90. The van der Waals surface area contributed by atoms with Crippen LogP contribution in [0.4, 0.5) is 11.4 Å². The van der Waals surface area contributed by atoms with Crippen molar-refractivity contribution in [2.24, 2.45) is 0 Å². The molecule has 0 aromatic heterocycles. The quantitative estimate of drug-likeness (QED) is 0.801. The predicted octanol–water partition coefficient (Wildman–Crippen LogP) is 1.83. The third kappa shape index (κ3) is 3.13. The molecule has 1 aromatic carbocycles. The Morgan fingerprint density at radius 3 is 2.31 bits per heavy atom. The van der Waals surface area contributed by atoms with Gasteiger partial charge in [-0.3, -0.25) is 4.31 Å². The van der Waals surface area contributed by atoms with E-state index in [-0.39, 0.29) is 5.75 Å². The largest absolute Gasteiger partial charge is 0.399 e. The third-order valence-corrected chi connectivity index (χ3v) is 4.28. The normalized spacial score (nSPS) is 11.4. The molecule has 0 aliphatic rings. The minimum absolute atomic E-state index is 0.185. The van der Waals surface area contributed by atoms with Crippen LogP contribution in [0.1, 0.15) is 19.8 Å². The lowest BCUT2D eigenvalue weighted by Crippen LogP contribution is -2.28. The van der Waals surface area contributed by atoms with Crippen molar-refractivity contribution in [3.05, 3.63) is 24.3 Å². The van der Waals surface area contributed by atoms with E-state index in [1.54, 1.807) is 31.3 Å². The Hall–Kier alpha value is -1.23. The molecule has 0 amide bonds. The number of hydrogen-bond acceptors (Lipinski definition) is 3. The number of nitrogens with zero attached hydrogens (tertiary/aromatic N) is 1. The van der Waals surface area contributed by atoms with E-state index in [2.05, 4.69) is 0 Å². The number of sulfonamides is 1. The molecule has 0 unspecified atom stereocenters. The molecule has 0 aliphatic heterocycles. The van der Waals surface area contributed by atoms with E-state index in [4.69, 9.17) is 5.73 Å². The maximum Gasteiger partial charge on any atom is 0.234 e. The number of nitrogens with two attached hydrogens (primary N) is 1. The lowest BCUT2D eigenvalue weighted by atomic mass is 10.3. The molecule has 0 saturated heterocycles. The van der Waals surface area contributed by atoms with Crippen LogP contribution >= 0.6 is 0 Å². The van der Waals surface area contributed by atoms with Crippen molar-refractivity contribution in [2.45, 2.75) is 19.8 Å². The molecular formula is C11H18N2O2S. The lowest BCUT2D eigenvalue weighted by Gasteiger charge is -2.19. The van der Waals surface area contributed by atoms with E-state index in [0.29, 0.717) is 17.8 Å². The van der Waals surface area contributed by atoms with E-state index in [9.17, 15) is 8.42 Å². The third-order valence-electron chi connectivity index (χ3n) is 2.43. The van der Waals surface area contributed by atoms with Crippen LogP contribution in [0, 0.1) is 0 Å². The van der Waals surface area contributed by atoms with Gasteiger partial charge >= 0.3 is 0 Å². The van der Waals surface area contributed by atoms with Gasteiger partial charge in [-0.2, -0.15) is 0 Å². The first-order chi connectivity index (χ1) is 7.47. The molecule has 16 heavy (non-hydrogen) atoms. The molecule has 2 N–H and O–H groups in total. The lowest BCUT2D eigenvalue weighted by molar-refractivity contribution is 0.591. The van der Waals surface area contributed by atoms with E-state index in [1.807, 2.05) is 6.92 Å². The van der Waals surface area contributed by atoms with Gasteiger partial charge in [0.1, 0.15) is 0 Å².